The molecule has 0 aromatic rings. The summed E-state index contributed by atoms with van der Waals surface area (Å²) in [6.45, 7) is 9.49. The van der Waals surface area contributed by atoms with E-state index in [4.69, 9.17) is 9.84 Å². The Labute approximate surface area is 243 Å². The Morgan fingerprint density at radius 2 is 1.05 bits per heavy atom. The minimum atomic E-state index is -0.655. The third kappa shape index (κ3) is 26.9. The summed E-state index contributed by atoms with van der Waals surface area (Å²) in [4.78, 5) is 22.8. The number of carbonyl (C=O) groups excluding carboxylic acids is 1. The predicted octanol–water partition coefficient (Wildman–Crippen LogP) is 11.3. The molecule has 0 saturated heterocycles. The molecular weight excluding hydrogens is 484 g/mol. The van der Waals surface area contributed by atoms with Crippen molar-refractivity contribution < 1.29 is 19.4 Å². The van der Waals surface area contributed by atoms with Gasteiger partial charge < -0.3 is 9.84 Å². The van der Waals surface area contributed by atoms with Crippen molar-refractivity contribution in [2.45, 2.75) is 188 Å². The number of rotatable bonds is 30. The van der Waals surface area contributed by atoms with Crippen molar-refractivity contribution in [2.24, 2.45) is 17.8 Å². The quantitative estimate of drug-likeness (QED) is 0.0711. The molecule has 0 aromatic heterocycles. The van der Waals surface area contributed by atoms with Gasteiger partial charge in [-0.1, -0.05) is 156 Å². The first-order chi connectivity index (χ1) is 18.9. The molecule has 39 heavy (non-hydrogen) atoms. The number of unbranched alkanes of at least 4 members (excludes halogenated alkanes) is 17. The van der Waals surface area contributed by atoms with Crippen LogP contribution in [0.1, 0.15) is 188 Å². The van der Waals surface area contributed by atoms with Gasteiger partial charge in [-0.25, -0.2) is 0 Å². The molecule has 0 spiro atoms. The Morgan fingerprint density at radius 1 is 0.590 bits per heavy atom. The standard InChI is InChI=1S/C35H68O4/c1-5-7-25-32(6-2)30-39-35(38)27-24-22-20-18-16-14-12-10-8-9-11-13-15-17-19-21-23-26-33(31(3)4)28-29-34(36)37/h31-33H,5-30H2,1-4H3,(H,36,37). The summed E-state index contributed by atoms with van der Waals surface area (Å²) >= 11 is 0. The molecule has 0 rings (SSSR count). The fraction of sp³-hybridized carbons (Fsp3) is 0.943. The van der Waals surface area contributed by atoms with Crippen LogP contribution >= 0.6 is 0 Å². The van der Waals surface area contributed by atoms with Crippen molar-refractivity contribution >= 4 is 11.9 Å². The highest BCUT2D eigenvalue weighted by molar-refractivity contribution is 5.69. The number of aliphatic carboxylic acids is 1. The fourth-order valence-corrected chi connectivity index (χ4v) is 5.63. The minimum Gasteiger partial charge on any atom is -0.481 e. The predicted molar refractivity (Wildman–Crippen MR) is 167 cm³/mol. The third-order valence-corrected chi connectivity index (χ3v) is 8.65. The van der Waals surface area contributed by atoms with Gasteiger partial charge in [-0.05, 0) is 37.0 Å². The lowest BCUT2D eigenvalue weighted by Crippen LogP contribution is -2.13. The molecule has 2 atom stereocenters. The lowest BCUT2D eigenvalue weighted by Gasteiger charge is -2.19. The number of carboxylic acid groups (broad SMARTS) is 1. The Hall–Kier alpha value is -1.06. The maximum absolute atomic E-state index is 11.9. The summed E-state index contributed by atoms with van der Waals surface area (Å²) in [6, 6.07) is 0. The van der Waals surface area contributed by atoms with Gasteiger partial charge in [0.1, 0.15) is 0 Å². The van der Waals surface area contributed by atoms with Crippen LogP contribution in [0.4, 0.5) is 0 Å². The molecule has 232 valence electrons. The smallest absolute Gasteiger partial charge is 0.305 e. The van der Waals surface area contributed by atoms with Crippen molar-refractivity contribution in [3.8, 4) is 0 Å². The molecule has 0 fully saturated rings. The maximum atomic E-state index is 11.9. The van der Waals surface area contributed by atoms with Crippen LogP contribution in [0.3, 0.4) is 0 Å². The lowest BCUT2D eigenvalue weighted by molar-refractivity contribution is -0.145. The van der Waals surface area contributed by atoms with E-state index in [1.54, 1.807) is 0 Å². The van der Waals surface area contributed by atoms with E-state index in [9.17, 15) is 9.59 Å². The number of ether oxygens (including phenoxy) is 1. The van der Waals surface area contributed by atoms with E-state index in [1.165, 1.54) is 122 Å². The molecule has 2 unspecified atom stereocenters. The largest absolute Gasteiger partial charge is 0.481 e. The monoisotopic (exact) mass is 553 g/mol. The molecule has 0 amide bonds. The summed E-state index contributed by atoms with van der Waals surface area (Å²) in [7, 11) is 0. The molecule has 0 radical (unpaired) electrons. The van der Waals surface area contributed by atoms with Gasteiger partial charge in [-0.3, -0.25) is 9.59 Å². The second-order valence-corrected chi connectivity index (χ2v) is 12.6. The number of esters is 1. The van der Waals surface area contributed by atoms with Crippen LogP contribution in [0.25, 0.3) is 0 Å². The first-order valence-corrected chi connectivity index (χ1v) is 17.3. The van der Waals surface area contributed by atoms with Crippen LogP contribution in [0.15, 0.2) is 0 Å². The molecule has 1 N–H and O–H groups in total. The van der Waals surface area contributed by atoms with Crippen LogP contribution in [-0.4, -0.2) is 23.7 Å². The summed E-state index contributed by atoms with van der Waals surface area (Å²) in [6.07, 6.45) is 30.1. The van der Waals surface area contributed by atoms with Crippen LogP contribution < -0.4 is 0 Å². The first kappa shape index (κ1) is 37.9. The van der Waals surface area contributed by atoms with E-state index in [0.717, 1.165) is 25.7 Å². The van der Waals surface area contributed by atoms with E-state index in [-0.39, 0.29) is 5.97 Å². The highest BCUT2D eigenvalue weighted by Gasteiger charge is 2.14. The summed E-state index contributed by atoms with van der Waals surface area (Å²) < 4.78 is 5.50. The first-order valence-electron chi connectivity index (χ1n) is 17.3. The molecule has 4 nitrogen and oxygen atoms in total. The summed E-state index contributed by atoms with van der Waals surface area (Å²) in [5.41, 5.74) is 0. The zero-order valence-corrected chi connectivity index (χ0v) is 26.8. The van der Waals surface area contributed by atoms with Crippen LogP contribution in [-0.2, 0) is 14.3 Å². The van der Waals surface area contributed by atoms with Gasteiger partial charge in [-0.15, -0.1) is 0 Å². The SMILES string of the molecule is CCCCC(CC)COC(=O)CCCCCCCCCCCCCCCCCCCC(CCC(=O)O)C(C)C. The van der Waals surface area contributed by atoms with E-state index in [0.29, 0.717) is 37.2 Å². The van der Waals surface area contributed by atoms with Crippen LogP contribution in [0.2, 0.25) is 0 Å². The van der Waals surface area contributed by atoms with Crippen molar-refractivity contribution in [3.05, 3.63) is 0 Å². The van der Waals surface area contributed by atoms with Gasteiger partial charge in [0.25, 0.3) is 0 Å². The zero-order valence-electron chi connectivity index (χ0n) is 26.8. The molecule has 0 aliphatic rings. The number of carbonyl (C=O) groups is 2. The Balaban J connectivity index is 3.35. The topological polar surface area (TPSA) is 63.6 Å². The van der Waals surface area contributed by atoms with Gasteiger partial charge in [-0.2, -0.15) is 0 Å². The Morgan fingerprint density at radius 3 is 1.46 bits per heavy atom. The zero-order chi connectivity index (χ0) is 29.0. The summed E-state index contributed by atoms with van der Waals surface area (Å²) in [5, 5.41) is 8.92. The second kappa shape index (κ2) is 28.5. The van der Waals surface area contributed by atoms with E-state index in [1.807, 2.05) is 0 Å². The summed E-state index contributed by atoms with van der Waals surface area (Å²) in [5.74, 6) is 1.06. The lowest BCUT2D eigenvalue weighted by atomic mass is 9.86. The fourth-order valence-electron chi connectivity index (χ4n) is 5.63. The maximum Gasteiger partial charge on any atom is 0.305 e. The Bertz CT molecular complexity index is 545. The Kier molecular flexibility index (Phi) is 27.7. The average Bonchev–Trinajstić information content (AvgIpc) is 2.91. The van der Waals surface area contributed by atoms with Crippen LogP contribution in [0.5, 0.6) is 0 Å². The number of hydrogen-bond acceptors (Lipinski definition) is 3. The van der Waals surface area contributed by atoms with Gasteiger partial charge in [0.05, 0.1) is 6.61 Å². The van der Waals surface area contributed by atoms with Crippen molar-refractivity contribution in [1.82, 2.24) is 0 Å². The van der Waals surface area contributed by atoms with Gasteiger partial charge in [0, 0.05) is 12.8 Å². The highest BCUT2D eigenvalue weighted by atomic mass is 16.5. The molecule has 4 heteroatoms. The third-order valence-electron chi connectivity index (χ3n) is 8.65. The van der Waals surface area contributed by atoms with E-state index in [2.05, 4.69) is 27.7 Å². The molecular formula is C35H68O4. The highest BCUT2D eigenvalue weighted by Crippen LogP contribution is 2.24. The van der Waals surface area contributed by atoms with Gasteiger partial charge >= 0.3 is 11.9 Å². The van der Waals surface area contributed by atoms with Crippen LogP contribution in [0, 0.1) is 17.8 Å². The molecule has 0 aromatic carbocycles. The molecule has 0 heterocycles. The number of hydrogen-bond donors (Lipinski definition) is 1. The molecule has 0 saturated carbocycles. The van der Waals surface area contributed by atoms with Crippen molar-refractivity contribution in [3.63, 3.8) is 0 Å². The molecule has 0 aliphatic carbocycles. The van der Waals surface area contributed by atoms with E-state index >= 15 is 0 Å². The molecule has 0 bridgehead atoms. The second-order valence-electron chi connectivity index (χ2n) is 12.6. The average molecular weight is 553 g/mol. The molecule has 0 aliphatic heterocycles. The minimum absolute atomic E-state index is 0.00599. The van der Waals surface area contributed by atoms with Crippen molar-refractivity contribution in [1.29, 1.82) is 0 Å². The van der Waals surface area contributed by atoms with Crippen molar-refractivity contribution in [2.75, 3.05) is 6.61 Å². The number of carboxylic acids is 1. The van der Waals surface area contributed by atoms with Gasteiger partial charge in [0.2, 0.25) is 0 Å². The van der Waals surface area contributed by atoms with Gasteiger partial charge in [0.15, 0.2) is 0 Å². The normalized spacial score (nSPS) is 13.1. The van der Waals surface area contributed by atoms with E-state index < -0.39 is 5.97 Å².